The molecule has 0 aliphatic carbocycles. The topological polar surface area (TPSA) is 59.3 Å². The molecule has 0 saturated heterocycles. The van der Waals surface area contributed by atoms with Crippen LogP contribution in [-0.2, 0) is 17.6 Å². The number of thiophene rings is 1. The van der Waals surface area contributed by atoms with Crippen molar-refractivity contribution in [1.82, 2.24) is 19.9 Å². The van der Waals surface area contributed by atoms with Crippen LogP contribution in [0.1, 0.15) is 28.2 Å². The largest absolute Gasteiger partial charge is 0.356 e. The third-order valence-corrected chi connectivity index (χ3v) is 6.63. The third-order valence-electron chi connectivity index (χ3n) is 4.94. The van der Waals surface area contributed by atoms with Gasteiger partial charge in [0.1, 0.15) is 0 Å². The van der Waals surface area contributed by atoms with E-state index in [2.05, 4.69) is 39.3 Å². The molecule has 1 amide bonds. The second kappa shape index (κ2) is 8.01. The molecule has 1 aromatic carbocycles. The highest BCUT2D eigenvalue weighted by atomic mass is 79.9. The number of amides is 1. The van der Waals surface area contributed by atoms with E-state index in [4.69, 9.17) is 4.98 Å². The van der Waals surface area contributed by atoms with Crippen molar-refractivity contribution >= 4 is 49.7 Å². The summed E-state index contributed by atoms with van der Waals surface area (Å²) in [5, 5.41) is 8.75. The molecule has 4 aromatic rings. The van der Waals surface area contributed by atoms with Crippen LogP contribution < -0.4 is 5.32 Å². The molecule has 5 nitrogen and oxygen atoms in total. The van der Waals surface area contributed by atoms with Crippen LogP contribution in [0.15, 0.2) is 40.2 Å². The minimum absolute atomic E-state index is 0.0696. The standard InChI is InChI=1S/C21H21BrN4OS/c1-13-16(8-10-20(27)23-12-11-15-7-9-19(22)28-15)14(2)26-21(24-13)17-5-3-4-6-18(17)25-26/h3-7,9H,8,10-12H2,1-2H3,(H,23,27). The molecule has 3 heterocycles. The van der Waals surface area contributed by atoms with E-state index in [1.54, 1.807) is 11.3 Å². The van der Waals surface area contributed by atoms with E-state index in [1.807, 2.05) is 41.8 Å². The quantitative estimate of drug-likeness (QED) is 0.460. The second-order valence-corrected chi connectivity index (χ2v) is 9.37. The Morgan fingerprint density at radius 3 is 2.79 bits per heavy atom. The Morgan fingerprint density at radius 2 is 2.00 bits per heavy atom. The first-order valence-corrected chi connectivity index (χ1v) is 10.9. The zero-order valence-electron chi connectivity index (χ0n) is 15.8. The fourth-order valence-electron chi connectivity index (χ4n) is 3.48. The van der Waals surface area contributed by atoms with Crippen LogP contribution in [0.4, 0.5) is 0 Å². The smallest absolute Gasteiger partial charge is 0.220 e. The van der Waals surface area contributed by atoms with Gasteiger partial charge in [0, 0.05) is 34.6 Å². The lowest BCUT2D eigenvalue weighted by Gasteiger charge is -2.11. The molecular formula is C21H21BrN4OS. The van der Waals surface area contributed by atoms with Gasteiger partial charge >= 0.3 is 0 Å². The predicted molar refractivity (Wildman–Crippen MR) is 117 cm³/mol. The number of aryl methyl sites for hydroxylation is 2. The number of hydrogen-bond donors (Lipinski definition) is 1. The van der Waals surface area contributed by atoms with E-state index in [-0.39, 0.29) is 5.91 Å². The SMILES string of the molecule is Cc1nc2c3ccccc3nn2c(C)c1CCC(=O)NCCc1ccc(Br)s1. The van der Waals surface area contributed by atoms with Gasteiger partial charge in [0.25, 0.3) is 0 Å². The van der Waals surface area contributed by atoms with E-state index in [0.717, 1.165) is 43.7 Å². The molecule has 0 aliphatic heterocycles. The highest BCUT2D eigenvalue weighted by molar-refractivity contribution is 9.11. The predicted octanol–water partition coefficient (Wildman–Crippen LogP) is 4.61. The van der Waals surface area contributed by atoms with Crippen molar-refractivity contribution in [3.63, 3.8) is 0 Å². The molecule has 0 aliphatic rings. The van der Waals surface area contributed by atoms with Crippen LogP contribution in [0.2, 0.25) is 0 Å². The molecule has 0 fully saturated rings. The number of fused-ring (bicyclic) bond motifs is 3. The van der Waals surface area contributed by atoms with Gasteiger partial charge < -0.3 is 5.32 Å². The third kappa shape index (κ3) is 3.82. The van der Waals surface area contributed by atoms with Crippen molar-refractivity contribution in [3.05, 3.63) is 62.0 Å². The van der Waals surface area contributed by atoms with Gasteiger partial charge in [0.15, 0.2) is 5.65 Å². The molecule has 0 unspecified atom stereocenters. The van der Waals surface area contributed by atoms with Crippen LogP contribution in [0.3, 0.4) is 0 Å². The fourth-order valence-corrected chi connectivity index (χ4v) is 4.96. The van der Waals surface area contributed by atoms with Crippen molar-refractivity contribution < 1.29 is 4.79 Å². The number of nitrogens with zero attached hydrogens (tertiary/aromatic N) is 3. The zero-order chi connectivity index (χ0) is 19.7. The number of carbonyl (C=O) groups excluding carboxylic acids is 1. The molecular weight excluding hydrogens is 436 g/mol. The van der Waals surface area contributed by atoms with Crippen LogP contribution in [0.25, 0.3) is 16.6 Å². The summed E-state index contributed by atoms with van der Waals surface area (Å²) < 4.78 is 3.02. The Hall–Kier alpha value is -2.25. The van der Waals surface area contributed by atoms with Gasteiger partial charge in [-0.05, 0) is 72.4 Å². The summed E-state index contributed by atoms with van der Waals surface area (Å²) in [6.07, 6.45) is 1.96. The minimum atomic E-state index is 0.0696. The average Bonchev–Trinajstić information content (AvgIpc) is 3.25. The van der Waals surface area contributed by atoms with E-state index in [1.165, 1.54) is 4.88 Å². The molecule has 28 heavy (non-hydrogen) atoms. The van der Waals surface area contributed by atoms with E-state index >= 15 is 0 Å². The molecule has 0 spiro atoms. The molecule has 7 heteroatoms. The Bertz CT molecular complexity index is 1160. The Labute approximate surface area is 175 Å². The molecule has 0 saturated carbocycles. The number of aromatic nitrogens is 3. The van der Waals surface area contributed by atoms with Gasteiger partial charge in [-0.25, -0.2) is 9.50 Å². The summed E-state index contributed by atoms with van der Waals surface area (Å²) >= 11 is 5.17. The second-order valence-electron chi connectivity index (χ2n) is 6.82. The minimum Gasteiger partial charge on any atom is -0.356 e. The summed E-state index contributed by atoms with van der Waals surface area (Å²) in [5.41, 5.74) is 4.92. The van der Waals surface area contributed by atoms with Crippen LogP contribution >= 0.6 is 27.3 Å². The number of benzene rings is 1. The van der Waals surface area contributed by atoms with Crippen LogP contribution in [0.5, 0.6) is 0 Å². The van der Waals surface area contributed by atoms with Gasteiger partial charge in [-0.3, -0.25) is 4.79 Å². The van der Waals surface area contributed by atoms with Gasteiger partial charge in [0.2, 0.25) is 5.91 Å². The lowest BCUT2D eigenvalue weighted by Crippen LogP contribution is -2.26. The molecule has 0 radical (unpaired) electrons. The van der Waals surface area contributed by atoms with E-state index in [0.29, 0.717) is 19.4 Å². The summed E-state index contributed by atoms with van der Waals surface area (Å²) in [7, 11) is 0. The first-order chi connectivity index (χ1) is 13.5. The highest BCUT2D eigenvalue weighted by Gasteiger charge is 2.14. The maximum atomic E-state index is 12.3. The number of carbonyl (C=O) groups is 1. The Balaban J connectivity index is 1.44. The molecule has 0 bridgehead atoms. The highest BCUT2D eigenvalue weighted by Crippen LogP contribution is 2.23. The Kier molecular flexibility index (Phi) is 5.46. The molecule has 144 valence electrons. The number of hydrogen-bond acceptors (Lipinski definition) is 4. The summed E-state index contributed by atoms with van der Waals surface area (Å²) in [6.45, 7) is 4.72. The van der Waals surface area contributed by atoms with Gasteiger partial charge in [-0.1, -0.05) is 12.1 Å². The summed E-state index contributed by atoms with van der Waals surface area (Å²) in [5.74, 6) is 0.0696. The number of rotatable bonds is 6. The normalized spacial score (nSPS) is 11.4. The Morgan fingerprint density at radius 1 is 1.18 bits per heavy atom. The summed E-state index contributed by atoms with van der Waals surface area (Å²) in [4.78, 5) is 18.3. The first-order valence-electron chi connectivity index (χ1n) is 9.27. The van der Waals surface area contributed by atoms with Crippen LogP contribution in [0, 0.1) is 13.8 Å². The lowest BCUT2D eigenvalue weighted by atomic mass is 10.1. The zero-order valence-corrected chi connectivity index (χ0v) is 18.2. The van der Waals surface area contributed by atoms with Crippen molar-refractivity contribution in [2.75, 3.05) is 6.54 Å². The molecule has 1 N–H and O–H groups in total. The maximum Gasteiger partial charge on any atom is 0.220 e. The number of nitrogens with one attached hydrogen (secondary N) is 1. The monoisotopic (exact) mass is 456 g/mol. The van der Waals surface area contributed by atoms with E-state index in [9.17, 15) is 4.79 Å². The maximum absolute atomic E-state index is 12.3. The molecule has 3 aromatic heterocycles. The van der Waals surface area contributed by atoms with Crippen molar-refractivity contribution in [2.24, 2.45) is 0 Å². The van der Waals surface area contributed by atoms with Crippen molar-refractivity contribution in [2.45, 2.75) is 33.1 Å². The van der Waals surface area contributed by atoms with Crippen molar-refractivity contribution in [3.8, 4) is 0 Å². The number of halogens is 1. The molecule has 4 rings (SSSR count). The van der Waals surface area contributed by atoms with Gasteiger partial charge in [-0.15, -0.1) is 11.3 Å². The van der Waals surface area contributed by atoms with Gasteiger partial charge in [-0.2, -0.15) is 5.10 Å². The van der Waals surface area contributed by atoms with Gasteiger partial charge in [0.05, 0.1) is 9.30 Å². The lowest BCUT2D eigenvalue weighted by molar-refractivity contribution is -0.121. The fraction of sp³-hybridized carbons (Fsp3) is 0.286. The summed E-state index contributed by atoms with van der Waals surface area (Å²) in [6, 6.07) is 12.2. The first kappa shape index (κ1) is 19.1. The average molecular weight is 457 g/mol. The van der Waals surface area contributed by atoms with E-state index < -0.39 is 0 Å². The van der Waals surface area contributed by atoms with Crippen molar-refractivity contribution in [1.29, 1.82) is 0 Å². The molecule has 0 atom stereocenters. The van der Waals surface area contributed by atoms with Crippen LogP contribution in [-0.4, -0.2) is 27.0 Å².